The van der Waals surface area contributed by atoms with Crippen LogP contribution in [-0.2, 0) is 22.4 Å². The van der Waals surface area contributed by atoms with Crippen molar-refractivity contribution in [3.05, 3.63) is 16.0 Å². The van der Waals surface area contributed by atoms with Gasteiger partial charge in [-0.1, -0.05) is 15.9 Å². The van der Waals surface area contributed by atoms with E-state index in [2.05, 4.69) is 21.2 Å². The minimum Gasteiger partial charge on any atom is -0.465 e. The Balaban J connectivity index is 2.41. The van der Waals surface area contributed by atoms with E-state index in [-0.39, 0.29) is 17.2 Å². The predicted octanol–water partition coefficient (Wildman–Crippen LogP) is 2.75. The molecule has 1 aliphatic rings. The number of hydrogen-bond acceptors (Lipinski definition) is 4. The second-order valence-corrected chi connectivity index (χ2v) is 5.75. The van der Waals surface area contributed by atoms with Crippen LogP contribution in [0.4, 0.5) is 5.00 Å². The van der Waals surface area contributed by atoms with Gasteiger partial charge < -0.3 is 10.1 Å². The summed E-state index contributed by atoms with van der Waals surface area (Å²) in [6.07, 6.45) is 4.09. The summed E-state index contributed by atoms with van der Waals surface area (Å²) in [4.78, 5) is 24.5. The van der Waals surface area contributed by atoms with E-state index in [9.17, 15) is 9.59 Å². The first-order chi connectivity index (χ1) is 8.67. The van der Waals surface area contributed by atoms with Crippen molar-refractivity contribution in [2.24, 2.45) is 0 Å². The van der Waals surface area contributed by atoms with Crippen molar-refractivity contribution < 1.29 is 14.3 Å². The molecule has 98 valence electrons. The molecule has 0 aliphatic heterocycles. The van der Waals surface area contributed by atoms with E-state index in [0.29, 0.717) is 10.6 Å². The highest BCUT2D eigenvalue weighted by atomic mass is 79.9. The van der Waals surface area contributed by atoms with E-state index in [1.807, 2.05) is 0 Å². The third-order valence-electron chi connectivity index (χ3n) is 2.94. The Labute approximate surface area is 118 Å². The number of aryl methyl sites for hydroxylation is 1. The number of carbonyl (C=O) groups excluding carboxylic acids is 2. The first-order valence-corrected chi connectivity index (χ1v) is 7.69. The summed E-state index contributed by atoms with van der Waals surface area (Å²) in [6, 6.07) is 0. The number of nitrogens with one attached hydrogen (secondary N) is 1. The molecule has 1 aliphatic carbocycles. The number of alkyl halides is 1. The fraction of sp³-hybridized carbons (Fsp3) is 0.500. The van der Waals surface area contributed by atoms with Gasteiger partial charge in [0.05, 0.1) is 18.0 Å². The highest BCUT2D eigenvalue weighted by Crippen LogP contribution is 2.38. The number of thiophene rings is 1. The Morgan fingerprint density at radius 2 is 2.11 bits per heavy atom. The molecule has 1 aromatic rings. The maximum absolute atomic E-state index is 11.9. The van der Waals surface area contributed by atoms with Crippen LogP contribution in [0.1, 0.15) is 33.6 Å². The summed E-state index contributed by atoms with van der Waals surface area (Å²) >= 11 is 4.59. The van der Waals surface area contributed by atoms with Gasteiger partial charge in [0.2, 0.25) is 5.91 Å². The lowest BCUT2D eigenvalue weighted by molar-refractivity contribution is -0.113. The van der Waals surface area contributed by atoms with Crippen LogP contribution < -0.4 is 5.32 Å². The summed E-state index contributed by atoms with van der Waals surface area (Å²) < 4.78 is 4.82. The van der Waals surface area contributed by atoms with Crippen LogP contribution in [0.5, 0.6) is 0 Å². The van der Waals surface area contributed by atoms with E-state index >= 15 is 0 Å². The molecule has 1 amide bonds. The number of ether oxygens (including phenoxy) is 1. The second-order valence-electron chi connectivity index (χ2n) is 4.09. The van der Waals surface area contributed by atoms with Gasteiger partial charge in [0, 0.05) is 4.88 Å². The van der Waals surface area contributed by atoms with Crippen molar-refractivity contribution in [3.8, 4) is 0 Å². The number of carbonyl (C=O) groups is 2. The van der Waals surface area contributed by atoms with Crippen molar-refractivity contribution in [2.75, 3.05) is 17.8 Å². The van der Waals surface area contributed by atoms with Crippen molar-refractivity contribution in [3.63, 3.8) is 0 Å². The van der Waals surface area contributed by atoms with Gasteiger partial charge in [0.15, 0.2) is 0 Å². The van der Waals surface area contributed by atoms with Crippen LogP contribution in [0.3, 0.4) is 0 Å². The average Bonchev–Trinajstić information content (AvgIpc) is 2.75. The average molecular weight is 332 g/mol. The number of fused-ring (bicyclic) bond motifs is 1. The largest absolute Gasteiger partial charge is 0.465 e. The third kappa shape index (κ3) is 2.59. The van der Waals surface area contributed by atoms with Crippen molar-refractivity contribution >= 4 is 44.1 Å². The van der Waals surface area contributed by atoms with Crippen LogP contribution in [0.15, 0.2) is 0 Å². The van der Waals surface area contributed by atoms with E-state index < -0.39 is 0 Å². The normalized spacial score (nSPS) is 13.9. The number of esters is 1. The maximum Gasteiger partial charge on any atom is 0.341 e. The van der Waals surface area contributed by atoms with Crippen LogP contribution in [0.2, 0.25) is 0 Å². The first-order valence-electron chi connectivity index (χ1n) is 5.76. The molecular formula is C12H14BrNO3S. The fourth-order valence-corrected chi connectivity index (χ4v) is 3.57. The molecule has 0 fully saturated rings. The molecule has 0 saturated carbocycles. The molecule has 0 radical (unpaired) electrons. The maximum atomic E-state index is 11.9. The molecule has 1 heterocycles. The van der Waals surface area contributed by atoms with Gasteiger partial charge in [0.1, 0.15) is 5.00 Å². The molecule has 0 unspecified atom stereocenters. The standard InChI is InChI=1S/C12H14BrNO3S/c1-17-12(16)10-7-4-2-3-5-8(7)18-11(10)14-9(15)6-13/h2-6H2,1H3,(H,14,15). The van der Waals surface area contributed by atoms with Crippen molar-refractivity contribution in [2.45, 2.75) is 25.7 Å². The van der Waals surface area contributed by atoms with E-state index in [1.165, 1.54) is 23.3 Å². The van der Waals surface area contributed by atoms with Gasteiger partial charge in [-0.25, -0.2) is 4.79 Å². The van der Waals surface area contributed by atoms with E-state index in [0.717, 1.165) is 31.2 Å². The fourth-order valence-electron chi connectivity index (χ4n) is 2.13. The molecule has 0 bridgehead atoms. The lowest BCUT2D eigenvalue weighted by Crippen LogP contribution is -2.15. The molecule has 6 heteroatoms. The highest BCUT2D eigenvalue weighted by Gasteiger charge is 2.26. The van der Waals surface area contributed by atoms with E-state index in [4.69, 9.17) is 4.74 Å². The molecule has 0 atom stereocenters. The van der Waals surface area contributed by atoms with Crippen LogP contribution >= 0.6 is 27.3 Å². The van der Waals surface area contributed by atoms with Gasteiger partial charge in [-0.3, -0.25) is 4.79 Å². The van der Waals surface area contributed by atoms with E-state index in [1.54, 1.807) is 0 Å². The summed E-state index contributed by atoms with van der Waals surface area (Å²) in [5.74, 6) is -0.516. The number of methoxy groups -OCH3 is 1. The lowest BCUT2D eigenvalue weighted by atomic mass is 9.95. The molecule has 2 rings (SSSR count). The van der Waals surface area contributed by atoms with Gasteiger partial charge in [-0.05, 0) is 31.2 Å². The smallest absolute Gasteiger partial charge is 0.341 e. The molecule has 4 nitrogen and oxygen atoms in total. The zero-order valence-corrected chi connectivity index (χ0v) is 12.4. The number of hydrogen-bond donors (Lipinski definition) is 1. The quantitative estimate of drug-likeness (QED) is 0.684. The summed E-state index contributed by atoms with van der Waals surface area (Å²) in [6.45, 7) is 0. The molecule has 0 spiro atoms. The SMILES string of the molecule is COC(=O)c1c(NC(=O)CBr)sc2c1CCCC2. The minimum atomic E-state index is -0.362. The Bertz CT molecular complexity index is 484. The topological polar surface area (TPSA) is 55.4 Å². The van der Waals surface area contributed by atoms with Crippen molar-refractivity contribution in [1.29, 1.82) is 0 Å². The minimum absolute atomic E-state index is 0.154. The summed E-state index contributed by atoms with van der Waals surface area (Å²) in [5.41, 5.74) is 1.61. The van der Waals surface area contributed by atoms with Crippen molar-refractivity contribution in [1.82, 2.24) is 0 Å². The molecule has 0 saturated heterocycles. The Morgan fingerprint density at radius 1 is 1.39 bits per heavy atom. The summed E-state index contributed by atoms with van der Waals surface area (Å²) in [7, 11) is 1.37. The zero-order valence-electron chi connectivity index (χ0n) is 10.0. The van der Waals surface area contributed by atoms with Crippen LogP contribution in [-0.4, -0.2) is 24.3 Å². The predicted molar refractivity (Wildman–Crippen MR) is 74.7 cm³/mol. The zero-order chi connectivity index (χ0) is 13.1. The molecular weight excluding hydrogens is 318 g/mol. The van der Waals surface area contributed by atoms with Crippen LogP contribution in [0.25, 0.3) is 0 Å². The molecule has 18 heavy (non-hydrogen) atoms. The number of halogens is 1. The number of amides is 1. The van der Waals surface area contributed by atoms with Gasteiger partial charge in [0.25, 0.3) is 0 Å². The summed E-state index contributed by atoms with van der Waals surface area (Å²) in [5, 5.41) is 3.61. The molecule has 0 aromatic carbocycles. The lowest BCUT2D eigenvalue weighted by Gasteiger charge is -2.11. The number of anilines is 1. The molecule has 1 aromatic heterocycles. The second kappa shape index (κ2) is 5.84. The Morgan fingerprint density at radius 3 is 2.78 bits per heavy atom. The Hall–Kier alpha value is -0.880. The van der Waals surface area contributed by atoms with Crippen LogP contribution in [0, 0.1) is 0 Å². The van der Waals surface area contributed by atoms with Gasteiger partial charge in [-0.2, -0.15) is 0 Å². The first kappa shape index (κ1) is 13.5. The highest BCUT2D eigenvalue weighted by molar-refractivity contribution is 9.09. The third-order valence-corrected chi connectivity index (χ3v) is 4.65. The Kier molecular flexibility index (Phi) is 4.40. The molecule has 1 N–H and O–H groups in total. The van der Waals surface area contributed by atoms with Gasteiger partial charge >= 0.3 is 5.97 Å². The monoisotopic (exact) mass is 331 g/mol. The van der Waals surface area contributed by atoms with Gasteiger partial charge in [-0.15, -0.1) is 11.3 Å². The number of rotatable bonds is 3.